The number of hydrogen-bond acceptors (Lipinski definition) is 4. The van der Waals surface area contributed by atoms with E-state index in [0.29, 0.717) is 32.4 Å². The average molecular weight is 272 g/mol. The Morgan fingerprint density at radius 1 is 1.26 bits per heavy atom. The summed E-state index contributed by atoms with van der Waals surface area (Å²) in [5, 5.41) is 17.8. The number of rotatable bonds is 5. The van der Waals surface area contributed by atoms with Gasteiger partial charge in [-0.25, -0.2) is 0 Å². The maximum Gasteiger partial charge on any atom is 0.309 e. The van der Waals surface area contributed by atoms with Crippen LogP contribution in [-0.2, 0) is 14.4 Å². The summed E-state index contributed by atoms with van der Waals surface area (Å²) in [6.45, 7) is 2.44. The van der Waals surface area contributed by atoms with Crippen molar-refractivity contribution in [1.29, 1.82) is 0 Å². The first kappa shape index (κ1) is 15.4. The average Bonchev–Trinajstić information content (AvgIpc) is 2.37. The minimum absolute atomic E-state index is 0.312. The lowest BCUT2D eigenvalue weighted by atomic mass is 9.76. The number of nitrogens with zero attached hydrogens (tertiary/aromatic N) is 1. The van der Waals surface area contributed by atoms with E-state index in [2.05, 4.69) is 0 Å². The minimum atomic E-state index is -1.12. The molecule has 0 bridgehead atoms. The first-order valence-corrected chi connectivity index (χ1v) is 6.32. The molecule has 0 spiro atoms. The molecule has 0 aromatic heterocycles. The van der Waals surface area contributed by atoms with E-state index in [1.165, 1.54) is 4.90 Å². The fourth-order valence-electron chi connectivity index (χ4n) is 2.38. The molecule has 1 unspecified atom stereocenters. The molecule has 0 radical (unpaired) electrons. The molecule has 0 aliphatic carbocycles. The zero-order chi connectivity index (χ0) is 14.6. The predicted molar refractivity (Wildman–Crippen MR) is 66.4 cm³/mol. The maximum atomic E-state index is 11.9. The standard InChI is InChI=1S/C12H20N2O5/c1-2-12(11(18)19)3-5-14(6-4-12)10(17)8(13)7-9(15)16/h8H,2-7,13H2,1H3,(H,15,16)(H,18,19). The molecule has 0 aromatic rings. The van der Waals surface area contributed by atoms with Crippen LogP contribution in [0, 0.1) is 5.41 Å². The normalized spacial score (nSPS) is 19.8. The highest BCUT2D eigenvalue weighted by molar-refractivity contribution is 5.86. The van der Waals surface area contributed by atoms with Gasteiger partial charge in [-0.15, -0.1) is 0 Å². The van der Waals surface area contributed by atoms with Gasteiger partial charge in [0.15, 0.2) is 0 Å². The molecule has 1 saturated heterocycles. The minimum Gasteiger partial charge on any atom is -0.481 e. The van der Waals surface area contributed by atoms with Gasteiger partial charge in [-0.05, 0) is 19.3 Å². The predicted octanol–water partition coefficient (Wildman–Crippen LogP) is -0.108. The molecule has 7 nitrogen and oxygen atoms in total. The van der Waals surface area contributed by atoms with Crippen LogP contribution in [0.15, 0.2) is 0 Å². The molecule has 1 rings (SSSR count). The molecule has 0 aromatic carbocycles. The van der Waals surface area contributed by atoms with Crippen molar-refractivity contribution in [3.8, 4) is 0 Å². The second-order valence-electron chi connectivity index (χ2n) is 4.97. The number of carboxylic acid groups (broad SMARTS) is 2. The van der Waals surface area contributed by atoms with Crippen LogP contribution in [0.5, 0.6) is 0 Å². The lowest BCUT2D eigenvalue weighted by Crippen LogP contribution is -2.51. The Labute approximate surface area is 111 Å². The number of amides is 1. The number of piperidine rings is 1. The van der Waals surface area contributed by atoms with E-state index in [0.717, 1.165) is 0 Å². The van der Waals surface area contributed by atoms with E-state index in [9.17, 15) is 19.5 Å². The van der Waals surface area contributed by atoms with Crippen LogP contribution in [0.2, 0.25) is 0 Å². The molecule has 1 aliphatic heterocycles. The van der Waals surface area contributed by atoms with Crippen LogP contribution < -0.4 is 5.73 Å². The number of aliphatic carboxylic acids is 2. The Morgan fingerprint density at radius 3 is 2.16 bits per heavy atom. The largest absolute Gasteiger partial charge is 0.481 e. The molecule has 1 heterocycles. The second kappa shape index (κ2) is 6.01. The molecule has 19 heavy (non-hydrogen) atoms. The molecular weight excluding hydrogens is 252 g/mol. The summed E-state index contributed by atoms with van der Waals surface area (Å²) in [7, 11) is 0. The quantitative estimate of drug-likeness (QED) is 0.642. The highest BCUT2D eigenvalue weighted by atomic mass is 16.4. The highest BCUT2D eigenvalue weighted by Gasteiger charge is 2.41. The third-order valence-corrected chi connectivity index (χ3v) is 3.87. The monoisotopic (exact) mass is 272 g/mol. The summed E-state index contributed by atoms with van der Waals surface area (Å²) in [4.78, 5) is 35.1. The smallest absolute Gasteiger partial charge is 0.309 e. The second-order valence-corrected chi connectivity index (χ2v) is 4.97. The molecule has 1 amide bonds. The summed E-state index contributed by atoms with van der Waals surface area (Å²) in [6.07, 6.45) is 0.869. The van der Waals surface area contributed by atoms with Crippen molar-refractivity contribution in [3.63, 3.8) is 0 Å². The van der Waals surface area contributed by atoms with Crippen LogP contribution in [0.4, 0.5) is 0 Å². The summed E-state index contributed by atoms with van der Waals surface area (Å²) in [5.41, 5.74) is 4.75. The Kier molecular flexibility index (Phi) is 4.88. The van der Waals surface area contributed by atoms with Crippen molar-refractivity contribution in [2.45, 2.75) is 38.6 Å². The number of hydrogen-bond donors (Lipinski definition) is 3. The third kappa shape index (κ3) is 3.44. The topological polar surface area (TPSA) is 121 Å². The summed E-state index contributed by atoms with van der Waals surface area (Å²) in [6, 6.07) is -1.06. The van der Waals surface area contributed by atoms with Crippen molar-refractivity contribution in [3.05, 3.63) is 0 Å². The van der Waals surface area contributed by atoms with Crippen LogP contribution in [-0.4, -0.2) is 52.1 Å². The molecule has 108 valence electrons. The van der Waals surface area contributed by atoms with Crippen molar-refractivity contribution in [1.82, 2.24) is 4.90 Å². The van der Waals surface area contributed by atoms with Gasteiger partial charge < -0.3 is 20.8 Å². The number of carbonyl (C=O) groups excluding carboxylic acids is 1. The highest BCUT2D eigenvalue weighted by Crippen LogP contribution is 2.35. The molecule has 1 atom stereocenters. The van der Waals surface area contributed by atoms with E-state index >= 15 is 0 Å². The van der Waals surface area contributed by atoms with E-state index in [1.807, 2.05) is 6.92 Å². The molecule has 1 fully saturated rings. The number of carboxylic acids is 2. The van der Waals surface area contributed by atoms with Crippen molar-refractivity contribution in [2.75, 3.05) is 13.1 Å². The Hall–Kier alpha value is -1.63. The molecular formula is C12H20N2O5. The van der Waals surface area contributed by atoms with Crippen LogP contribution in [0.3, 0.4) is 0 Å². The van der Waals surface area contributed by atoms with Crippen molar-refractivity contribution < 1.29 is 24.6 Å². The summed E-state index contributed by atoms with van der Waals surface area (Å²) in [5.74, 6) is -2.37. The van der Waals surface area contributed by atoms with Crippen molar-refractivity contribution in [2.24, 2.45) is 11.1 Å². The van der Waals surface area contributed by atoms with Gasteiger partial charge in [-0.2, -0.15) is 0 Å². The van der Waals surface area contributed by atoms with E-state index < -0.39 is 35.7 Å². The lowest BCUT2D eigenvalue weighted by Gasteiger charge is -2.39. The molecule has 0 saturated carbocycles. The SMILES string of the molecule is CCC1(C(=O)O)CCN(C(=O)C(N)CC(=O)O)CC1. The van der Waals surface area contributed by atoms with Gasteiger partial charge in [-0.1, -0.05) is 6.92 Å². The van der Waals surface area contributed by atoms with Gasteiger partial charge in [0.05, 0.1) is 17.9 Å². The number of carbonyl (C=O) groups is 3. The zero-order valence-electron chi connectivity index (χ0n) is 11.0. The zero-order valence-corrected chi connectivity index (χ0v) is 11.0. The third-order valence-electron chi connectivity index (χ3n) is 3.87. The Bertz CT molecular complexity index is 374. The molecule has 1 aliphatic rings. The lowest BCUT2D eigenvalue weighted by molar-refractivity contribution is -0.155. The van der Waals surface area contributed by atoms with Crippen LogP contribution in [0.25, 0.3) is 0 Å². The van der Waals surface area contributed by atoms with Gasteiger partial charge in [0, 0.05) is 13.1 Å². The Morgan fingerprint density at radius 2 is 1.79 bits per heavy atom. The van der Waals surface area contributed by atoms with E-state index in [1.54, 1.807) is 0 Å². The van der Waals surface area contributed by atoms with Crippen LogP contribution >= 0.6 is 0 Å². The molecule has 7 heteroatoms. The van der Waals surface area contributed by atoms with Gasteiger partial charge in [-0.3, -0.25) is 14.4 Å². The maximum absolute atomic E-state index is 11.9. The fourth-order valence-corrected chi connectivity index (χ4v) is 2.38. The fraction of sp³-hybridized carbons (Fsp3) is 0.750. The van der Waals surface area contributed by atoms with Crippen molar-refractivity contribution >= 4 is 17.8 Å². The van der Waals surface area contributed by atoms with Gasteiger partial charge >= 0.3 is 11.9 Å². The number of likely N-dealkylation sites (tertiary alicyclic amines) is 1. The first-order chi connectivity index (χ1) is 8.82. The van der Waals surface area contributed by atoms with Gasteiger partial charge in [0.2, 0.25) is 5.91 Å². The van der Waals surface area contributed by atoms with E-state index in [4.69, 9.17) is 10.8 Å². The summed E-state index contributed by atoms with van der Waals surface area (Å²) < 4.78 is 0. The molecule has 4 N–H and O–H groups in total. The number of nitrogens with two attached hydrogens (primary N) is 1. The van der Waals surface area contributed by atoms with Gasteiger partial charge in [0.1, 0.15) is 0 Å². The summed E-state index contributed by atoms with van der Waals surface area (Å²) >= 11 is 0. The van der Waals surface area contributed by atoms with Gasteiger partial charge in [0.25, 0.3) is 0 Å². The Balaban J connectivity index is 2.60. The van der Waals surface area contributed by atoms with Crippen LogP contribution in [0.1, 0.15) is 32.6 Å². The first-order valence-electron chi connectivity index (χ1n) is 6.32. The van der Waals surface area contributed by atoms with E-state index in [-0.39, 0.29) is 0 Å².